The summed E-state index contributed by atoms with van der Waals surface area (Å²) in [6.45, 7) is 4.79. The molecule has 3 rings (SSSR count). The minimum absolute atomic E-state index is 0.110. The van der Waals surface area contributed by atoms with Gasteiger partial charge in [-0.1, -0.05) is 18.2 Å². The Balaban J connectivity index is 1.82. The number of hydrogen-bond acceptors (Lipinski definition) is 9. The van der Waals surface area contributed by atoms with Crippen LogP contribution in [0.2, 0.25) is 0 Å². The third-order valence-electron chi connectivity index (χ3n) is 5.33. The van der Waals surface area contributed by atoms with E-state index in [0.717, 1.165) is 6.92 Å². The number of aliphatic hydroxyl groups excluding tert-OH is 1. The number of aliphatic hydroxyl groups is 1. The van der Waals surface area contributed by atoms with E-state index in [1.54, 1.807) is 37.0 Å². The Labute approximate surface area is 210 Å². The van der Waals surface area contributed by atoms with E-state index in [1.165, 1.54) is 19.1 Å². The van der Waals surface area contributed by atoms with Crippen LogP contribution in [0.1, 0.15) is 33.9 Å². The van der Waals surface area contributed by atoms with Gasteiger partial charge in [0.05, 0.1) is 18.9 Å². The molecular formula is C22H28F2N3O9P. The number of rotatable bonds is 10. The molecule has 0 amide bonds. The van der Waals surface area contributed by atoms with Crippen molar-refractivity contribution in [2.24, 2.45) is 0 Å². The number of aromatic amines is 1. The summed E-state index contributed by atoms with van der Waals surface area (Å²) < 4.78 is 64.6. The van der Waals surface area contributed by atoms with Crippen molar-refractivity contribution in [2.75, 3.05) is 6.61 Å². The number of nitrogens with one attached hydrogen (secondary N) is 2. The van der Waals surface area contributed by atoms with Crippen molar-refractivity contribution in [3.05, 3.63) is 63.2 Å². The average Bonchev–Trinajstić information content (AvgIpc) is 3.03. The highest BCUT2D eigenvalue weighted by Gasteiger charge is 2.56. The van der Waals surface area contributed by atoms with E-state index in [0.29, 0.717) is 10.8 Å². The van der Waals surface area contributed by atoms with Crippen LogP contribution in [-0.2, 0) is 23.4 Å². The standard InChI is InChI=1S/C22H28F2N3O9P/c1-12(2)34-19(30)13(3)26-37(32,36-14-8-6-5-7-9-14)33-11-16-17(28)22(4,24)20(35-16)27-10-15(23)18(29)25-21(27)31/h5-10,12-13,16-17,20,28H,11H2,1-4H3,(H,26,32)(H,25,29,31)/t13-,16-,17-,20-,22-,37?/m1/s1. The van der Waals surface area contributed by atoms with Gasteiger partial charge in [-0.25, -0.2) is 13.8 Å². The molecule has 0 aliphatic carbocycles. The van der Waals surface area contributed by atoms with Gasteiger partial charge in [-0.3, -0.25) is 23.7 Å². The van der Waals surface area contributed by atoms with Gasteiger partial charge in [-0.05, 0) is 39.8 Å². The summed E-state index contributed by atoms with van der Waals surface area (Å²) >= 11 is 0. The largest absolute Gasteiger partial charge is 0.462 e. The highest BCUT2D eigenvalue weighted by molar-refractivity contribution is 7.52. The van der Waals surface area contributed by atoms with Crippen LogP contribution in [0.3, 0.4) is 0 Å². The van der Waals surface area contributed by atoms with Crippen molar-refractivity contribution >= 4 is 13.7 Å². The Hall–Kier alpha value is -2.90. The monoisotopic (exact) mass is 547 g/mol. The van der Waals surface area contributed by atoms with Crippen LogP contribution < -0.4 is 20.9 Å². The Bertz CT molecular complexity index is 1270. The van der Waals surface area contributed by atoms with Gasteiger partial charge in [-0.15, -0.1) is 0 Å². The van der Waals surface area contributed by atoms with Crippen molar-refractivity contribution in [2.45, 2.75) is 63.9 Å². The minimum atomic E-state index is -4.37. The lowest BCUT2D eigenvalue weighted by atomic mass is 9.98. The van der Waals surface area contributed by atoms with E-state index in [2.05, 4.69) is 5.09 Å². The molecule has 37 heavy (non-hydrogen) atoms. The number of alkyl halides is 1. The number of nitrogens with zero attached hydrogens (tertiary/aromatic N) is 1. The van der Waals surface area contributed by atoms with Crippen molar-refractivity contribution in [1.82, 2.24) is 14.6 Å². The van der Waals surface area contributed by atoms with Gasteiger partial charge in [0.1, 0.15) is 24.0 Å². The van der Waals surface area contributed by atoms with Crippen LogP contribution in [0.4, 0.5) is 8.78 Å². The Morgan fingerprint density at radius 3 is 2.57 bits per heavy atom. The fourth-order valence-corrected chi connectivity index (χ4v) is 4.99. The van der Waals surface area contributed by atoms with Gasteiger partial charge in [0.25, 0.3) is 5.56 Å². The van der Waals surface area contributed by atoms with Crippen molar-refractivity contribution in [3.8, 4) is 5.75 Å². The number of benzene rings is 1. The average molecular weight is 547 g/mol. The summed E-state index contributed by atoms with van der Waals surface area (Å²) in [4.78, 5) is 37.4. The van der Waals surface area contributed by atoms with Crippen LogP contribution in [0.25, 0.3) is 0 Å². The fourth-order valence-electron chi connectivity index (χ4n) is 3.49. The van der Waals surface area contributed by atoms with Crippen LogP contribution in [0.15, 0.2) is 46.1 Å². The number of esters is 1. The maximum absolute atomic E-state index is 15.4. The molecule has 3 N–H and O–H groups in total. The molecule has 1 aliphatic heterocycles. The first-order valence-electron chi connectivity index (χ1n) is 11.2. The normalized spacial score (nSPS) is 26.0. The van der Waals surface area contributed by atoms with Gasteiger partial charge < -0.3 is 19.1 Å². The molecule has 0 bridgehead atoms. The van der Waals surface area contributed by atoms with Crippen LogP contribution in [0, 0.1) is 5.82 Å². The van der Waals surface area contributed by atoms with E-state index in [4.69, 9.17) is 18.5 Å². The van der Waals surface area contributed by atoms with Gasteiger partial charge in [0.15, 0.2) is 11.9 Å². The molecule has 2 aromatic rings. The topological polar surface area (TPSA) is 158 Å². The Kier molecular flexibility index (Phi) is 8.70. The Morgan fingerprint density at radius 1 is 1.30 bits per heavy atom. The molecule has 2 heterocycles. The molecule has 15 heteroatoms. The molecule has 0 radical (unpaired) electrons. The summed E-state index contributed by atoms with van der Waals surface area (Å²) in [5.41, 5.74) is -5.14. The summed E-state index contributed by atoms with van der Waals surface area (Å²) in [5.74, 6) is -2.01. The third-order valence-corrected chi connectivity index (χ3v) is 6.97. The molecule has 1 aliphatic rings. The smallest absolute Gasteiger partial charge is 0.459 e. The van der Waals surface area contributed by atoms with Crippen molar-refractivity contribution in [1.29, 1.82) is 0 Å². The van der Waals surface area contributed by atoms with Crippen LogP contribution in [-0.4, -0.2) is 57.3 Å². The van der Waals surface area contributed by atoms with Gasteiger partial charge in [0.2, 0.25) is 5.82 Å². The molecule has 0 saturated carbocycles. The zero-order valence-electron chi connectivity index (χ0n) is 20.4. The molecule has 204 valence electrons. The lowest BCUT2D eigenvalue weighted by Crippen LogP contribution is -2.44. The van der Waals surface area contributed by atoms with E-state index >= 15 is 4.39 Å². The predicted molar refractivity (Wildman–Crippen MR) is 125 cm³/mol. The quantitative estimate of drug-likeness (QED) is 0.296. The first kappa shape index (κ1) is 28.7. The van der Waals surface area contributed by atoms with Crippen molar-refractivity contribution in [3.63, 3.8) is 0 Å². The minimum Gasteiger partial charge on any atom is -0.462 e. The first-order chi connectivity index (χ1) is 17.2. The zero-order valence-corrected chi connectivity index (χ0v) is 21.3. The molecule has 1 unspecified atom stereocenters. The molecule has 1 aromatic heterocycles. The summed E-state index contributed by atoms with van der Waals surface area (Å²) in [6.07, 6.45) is -5.32. The molecule has 0 spiro atoms. The maximum Gasteiger partial charge on any atom is 0.459 e. The molecule has 6 atom stereocenters. The molecule has 1 saturated heterocycles. The second-order valence-corrected chi connectivity index (χ2v) is 10.5. The maximum atomic E-state index is 15.4. The zero-order chi connectivity index (χ0) is 27.5. The summed E-state index contributed by atoms with van der Waals surface area (Å²) in [6, 6.07) is 6.66. The van der Waals surface area contributed by atoms with Crippen LogP contribution >= 0.6 is 7.75 Å². The fraction of sp³-hybridized carbons (Fsp3) is 0.500. The first-order valence-corrected chi connectivity index (χ1v) is 12.8. The number of ether oxygens (including phenoxy) is 2. The van der Waals surface area contributed by atoms with Gasteiger partial charge in [0, 0.05) is 0 Å². The Morgan fingerprint density at radius 2 is 1.95 bits per heavy atom. The summed E-state index contributed by atoms with van der Waals surface area (Å²) in [5, 5.41) is 13.0. The third kappa shape index (κ3) is 6.70. The molecule has 1 fully saturated rings. The molecule has 12 nitrogen and oxygen atoms in total. The number of H-pyrrole nitrogens is 1. The highest BCUT2D eigenvalue weighted by atomic mass is 31.2. The lowest BCUT2D eigenvalue weighted by Gasteiger charge is -2.25. The van der Waals surface area contributed by atoms with E-state index in [1.807, 2.05) is 0 Å². The number of carbonyl (C=O) groups is 1. The van der Waals surface area contributed by atoms with E-state index in [-0.39, 0.29) is 5.75 Å². The van der Waals surface area contributed by atoms with Crippen LogP contribution in [0.5, 0.6) is 5.75 Å². The van der Waals surface area contributed by atoms with E-state index < -0.39 is 73.6 Å². The second-order valence-electron chi connectivity index (χ2n) is 8.80. The second kappa shape index (κ2) is 11.2. The summed E-state index contributed by atoms with van der Waals surface area (Å²) in [7, 11) is -4.37. The van der Waals surface area contributed by atoms with Gasteiger partial charge >= 0.3 is 19.4 Å². The SMILES string of the molecule is CC(C)OC(=O)[C@@H](C)NP(=O)(OC[C@H]1O[C@@H](n2cc(F)c(=O)[nH]c2=O)[C@](C)(F)[C@@H]1O)Oc1ccccc1. The van der Waals surface area contributed by atoms with Gasteiger partial charge in [-0.2, -0.15) is 9.48 Å². The number of para-hydroxylation sites is 1. The number of carbonyl (C=O) groups excluding carboxylic acids is 1. The number of halogens is 2. The number of hydrogen-bond donors (Lipinski definition) is 3. The molecular weight excluding hydrogens is 519 g/mol. The highest BCUT2D eigenvalue weighted by Crippen LogP contribution is 2.47. The predicted octanol–water partition coefficient (Wildman–Crippen LogP) is 1.80. The lowest BCUT2D eigenvalue weighted by molar-refractivity contribution is -0.149. The molecule has 1 aromatic carbocycles. The number of aromatic nitrogens is 2. The van der Waals surface area contributed by atoms with E-state index in [9.17, 15) is 28.4 Å². The van der Waals surface area contributed by atoms with Crippen molar-refractivity contribution < 1.29 is 41.8 Å².